The first-order valence-electron chi connectivity index (χ1n) is 11.0. The summed E-state index contributed by atoms with van der Waals surface area (Å²) in [6.45, 7) is 2.38. The summed E-state index contributed by atoms with van der Waals surface area (Å²) in [6.07, 6.45) is 4.33. The molecule has 0 bridgehead atoms. The Bertz CT molecular complexity index is 1360. The van der Waals surface area contributed by atoms with Crippen molar-refractivity contribution in [2.75, 3.05) is 20.2 Å². The molecule has 1 aromatic carbocycles. The Balaban J connectivity index is 1.42. The summed E-state index contributed by atoms with van der Waals surface area (Å²) in [5.41, 5.74) is 4.06. The van der Waals surface area contributed by atoms with Gasteiger partial charge in [0.05, 0.1) is 7.11 Å². The summed E-state index contributed by atoms with van der Waals surface area (Å²) in [4.78, 5) is 45.1. The van der Waals surface area contributed by atoms with Crippen LogP contribution in [0.1, 0.15) is 19.0 Å². The number of nitrogens with one attached hydrogen (secondary N) is 2. The van der Waals surface area contributed by atoms with Crippen molar-refractivity contribution in [3.8, 4) is 16.9 Å². The second-order valence-corrected chi connectivity index (χ2v) is 8.47. The van der Waals surface area contributed by atoms with Crippen molar-refractivity contribution >= 4 is 34.1 Å². The molecular weight excluding hydrogens is 439 g/mol. The number of halogens is 1. The summed E-state index contributed by atoms with van der Waals surface area (Å²) >= 11 is 0. The molecule has 2 aliphatic rings. The molecule has 2 atom stereocenters. The van der Waals surface area contributed by atoms with Crippen LogP contribution in [0.4, 0.5) is 4.39 Å². The van der Waals surface area contributed by atoms with E-state index in [0.29, 0.717) is 36.5 Å². The third kappa shape index (κ3) is 3.67. The van der Waals surface area contributed by atoms with Gasteiger partial charge in [0.1, 0.15) is 29.3 Å². The van der Waals surface area contributed by atoms with Gasteiger partial charge in [-0.25, -0.2) is 9.37 Å². The van der Waals surface area contributed by atoms with Crippen molar-refractivity contribution in [1.29, 1.82) is 0 Å². The van der Waals surface area contributed by atoms with Crippen LogP contribution in [-0.4, -0.2) is 64.6 Å². The molecule has 3 heterocycles. The highest BCUT2D eigenvalue weighted by atomic mass is 19.1. The number of Topliss-reactive ketones (excluding diaryl/α,β-unsaturated/α-hetero) is 2. The molecule has 0 saturated heterocycles. The zero-order valence-corrected chi connectivity index (χ0v) is 18.7. The van der Waals surface area contributed by atoms with Crippen LogP contribution in [0.5, 0.6) is 5.75 Å². The fourth-order valence-corrected chi connectivity index (χ4v) is 4.75. The van der Waals surface area contributed by atoms with Crippen molar-refractivity contribution in [3.05, 3.63) is 54.1 Å². The smallest absolute Gasteiger partial charge is 0.224 e. The van der Waals surface area contributed by atoms with Gasteiger partial charge in [-0.1, -0.05) is 6.08 Å². The minimum atomic E-state index is -0.777. The van der Waals surface area contributed by atoms with Crippen LogP contribution in [0.15, 0.2) is 42.6 Å². The number of benzene rings is 1. The molecule has 1 aliphatic carbocycles. The number of amides is 1. The lowest BCUT2D eigenvalue weighted by Crippen LogP contribution is -2.71. The highest BCUT2D eigenvalue weighted by molar-refractivity contribution is 6.49. The van der Waals surface area contributed by atoms with Gasteiger partial charge in [-0.3, -0.25) is 19.3 Å². The molecule has 174 valence electrons. The van der Waals surface area contributed by atoms with Crippen LogP contribution < -0.4 is 10.1 Å². The number of carbonyl (C=O) groups excluding carboxylic acids is 3. The third-order valence-corrected chi connectivity index (χ3v) is 6.43. The van der Waals surface area contributed by atoms with E-state index in [-0.39, 0.29) is 11.7 Å². The van der Waals surface area contributed by atoms with Crippen LogP contribution in [0, 0.1) is 5.82 Å². The Morgan fingerprint density at radius 1 is 1.21 bits per heavy atom. The molecule has 1 fully saturated rings. The summed E-state index contributed by atoms with van der Waals surface area (Å²) in [6, 6.07) is 6.83. The maximum Gasteiger partial charge on any atom is 0.224 e. The minimum absolute atomic E-state index is 0.333. The van der Waals surface area contributed by atoms with Crippen molar-refractivity contribution in [2.45, 2.75) is 25.4 Å². The highest BCUT2D eigenvalue weighted by Gasteiger charge is 2.52. The summed E-state index contributed by atoms with van der Waals surface area (Å²) in [5.74, 6) is -1.12. The van der Waals surface area contributed by atoms with Crippen LogP contribution >= 0.6 is 0 Å². The average molecular weight is 462 g/mol. The van der Waals surface area contributed by atoms with E-state index in [1.54, 1.807) is 19.4 Å². The molecule has 1 saturated carbocycles. The monoisotopic (exact) mass is 462 g/mol. The largest absolute Gasteiger partial charge is 0.496 e. The van der Waals surface area contributed by atoms with E-state index in [4.69, 9.17) is 4.74 Å². The molecule has 1 aliphatic heterocycles. The van der Waals surface area contributed by atoms with Gasteiger partial charge in [0.25, 0.3) is 0 Å². The van der Waals surface area contributed by atoms with E-state index in [2.05, 4.69) is 15.3 Å². The molecule has 2 unspecified atom stereocenters. The number of aromatic amines is 1. The number of ether oxygens (including phenoxy) is 1. The number of aromatic nitrogens is 2. The van der Waals surface area contributed by atoms with E-state index < -0.39 is 23.7 Å². The van der Waals surface area contributed by atoms with E-state index in [1.807, 2.05) is 23.1 Å². The highest BCUT2D eigenvalue weighted by Crippen LogP contribution is 2.37. The molecule has 34 heavy (non-hydrogen) atoms. The molecule has 2 N–H and O–H groups in total. The standard InChI is InChI=1S/C25H23FN4O4/c1-13(31)28-21-22(24(33)23(21)32)30-9-6-14(7-10-30)19-12-18-16(5-8-27-25(18)29-19)17-11-15(26)3-4-20(17)34-2/h3-6,8,11-12,21-22H,7,9-10H2,1-2H3,(H,27,29)(H,28,31). The maximum absolute atomic E-state index is 14.0. The van der Waals surface area contributed by atoms with Crippen molar-refractivity contribution in [1.82, 2.24) is 20.2 Å². The molecule has 3 aromatic rings. The second kappa shape index (κ2) is 8.49. The van der Waals surface area contributed by atoms with Gasteiger partial charge in [-0.15, -0.1) is 0 Å². The first-order valence-corrected chi connectivity index (χ1v) is 11.0. The zero-order chi connectivity index (χ0) is 24.0. The molecule has 0 spiro atoms. The normalized spacial score (nSPS) is 20.7. The number of fused-ring (bicyclic) bond motifs is 1. The van der Waals surface area contributed by atoms with E-state index in [0.717, 1.165) is 22.2 Å². The molecule has 1 amide bonds. The lowest BCUT2D eigenvalue weighted by atomic mass is 9.81. The topological polar surface area (TPSA) is 104 Å². The summed E-state index contributed by atoms with van der Waals surface area (Å²) < 4.78 is 19.4. The number of rotatable bonds is 5. The predicted molar refractivity (Wildman–Crippen MR) is 124 cm³/mol. The summed E-state index contributed by atoms with van der Waals surface area (Å²) in [5, 5.41) is 3.42. The van der Waals surface area contributed by atoms with Crippen molar-refractivity contribution in [2.24, 2.45) is 0 Å². The van der Waals surface area contributed by atoms with Crippen molar-refractivity contribution in [3.63, 3.8) is 0 Å². The number of hydrogen-bond acceptors (Lipinski definition) is 6. The Morgan fingerprint density at radius 3 is 2.74 bits per heavy atom. The van der Waals surface area contributed by atoms with Crippen LogP contribution in [0.25, 0.3) is 27.7 Å². The van der Waals surface area contributed by atoms with E-state index >= 15 is 0 Å². The summed E-state index contributed by atoms with van der Waals surface area (Å²) in [7, 11) is 1.55. The van der Waals surface area contributed by atoms with Crippen LogP contribution in [-0.2, 0) is 14.4 Å². The van der Waals surface area contributed by atoms with Gasteiger partial charge in [-0.2, -0.15) is 0 Å². The van der Waals surface area contributed by atoms with Gasteiger partial charge in [0.2, 0.25) is 17.5 Å². The number of nitrogens with zero attached hydrogens (tertiary/aromatic N) is 2. The lowest BCUT2D eigenvalue weighted by molar-refractivity contribution is -0.152. The molecule has 8 nitrogen and oxygen atoms in total. The zero-order valence-electron chi connectivity index (χ0n) is 18.7. The van der Waals surface area contributed by atoms with Crippen molar-refractivity contribution < 1.29 is 23.5 Å². The number of methoxy groups -OCH3 is 1. The Morgan fingerprint density at radius 2 is 2.03 bits per heavy atom. The van der Waals surface area contributed by atoms with Gasteiger partial charge in [0.15, 0.2) is 0 Å². The quantitative estimate of drug-likeness (QED) is 0.565. The van der Waals surface area contributed by atoms with Gasteiger partial charge >= 0.3 is 0 Å². The van der Waals surface area contributed by atoms with Gasteiger partial charge < -0.3 is 15.0 Å². The third-order valence-electron chi connectivity index (χ3n) is 6.43. The average Bonchev–Trinajstić information content (AvgIpc) is 3.28. The second-order valence-electron chi connectivity index (χ2n) is 8.47. The Labute approximate surface area is 194 Å². The molecular formula is C25H23FN4O4. The molecule has 9 heteroatoms. The fourth-order valence-electron chi connectivity index (χ4n) is 4.75. The Kier molecular flexibility index (Phi) is 5.49. The number of H-pyrrole nitrogens is 1. The molecule has 5 rings (SSSR count). The Hall–Kier alpha value is -3.85. The first-order chi connectivity index (χ1) is 16.4. The fraction of sp³-hybridized carbons (Fsp3) is 0.280. The lowest BCUT2D eigenvalue weighted by Gasteiger charge is -2.42. The number of carbonyl (C=O) groups is 3. The molecule has 2 aromatic heterocycles. The first kappa shape index (κ1) is 22.0. The van der Waals surface area contributed by atoms with E-state index in [9.17, 15) is 18.8 Å². The SMILES string of the molecule is COc1ccc(F)cc1-c1ccnc2[nH]c(C3=CCN(C4C(=O)C(=O)C4NC(C)=O)CC3)cc12. The van der Waals surface area contributed by atoms with E-state index in [1.165, 1.54) is 19.1 Å². The molecule has 0 radical (unpaired) electrons. The van der Waals surface area contributed by atoms with Gasteiger partial charge in [0, 0.05) is 42.9 Å². The number of pyridine rings is 1. The predicted octanol–water partition coefficient (Wildman–Crippen LogP) is 2.49. The maximum atomic E-state index is 14.0. The number of ketones is 2. The van der Waals surface area contributed by atoms with Crippen LogP contribution in [0.3, 0.4) is 0 Å². The van der Waals surface area contributed by atoms with Crippen LogP contribution in [0.2, 0.25) is 0 Å². The number of hydrogen-bond donors (Lipinski definition) is 2. The van der Waals surface area contributed by atoms with Gasteiger partial charge in [-0.05, 0) is 47.9 Å². The minimum Gasteiger partial charge on any atom is -0.496 e.